The Morgan fingerprint density at radius 1 is 1.35 bits per heavy atom. The summed E-state index contributed by atoms with van der Waals surface area (Å²) in [6.45, 7) is 6.86. The lowest BCUT2D eigenvalue weighted by Gasteiger charge is -2.45. The predicted octanol–water partition coefficient (Wildman–Crippen LogP) is 1.57. The minimum absolute atomic E-state index is 0.693. The van der Waals surface area contributed by atoms with Gasteiger partial charge in [0.2, 0.25) is 0 Å². The highest BCUT2D eigenvalue weighted by molar-refractivity contribution is 5.13. The number of piperidine rings is 3. The summed E-state index contributed by atoms with van der Waals surface area (Å²) in [7, 11) is 0. The number of nitrogens with one attached hydrogen (secondary N) is 1. The molecule has 3 saturated heterocycles. The lowest BCUT2D eigenvalue weighted by atomic mass is 9.84. The summed E-state index contributed by atoms with van der Waals surface area (Å²) < 4.78 is 0. The third-order valence-corrected chi connectivity index (χ3v) is 4.20. The zero-order valence-corrected chi connectivity index (χ0v) is 10.5. The van der Waals surface area contributed by atoms with E-state index in [1.54, 1.807) is 0 Å². The van der Waals surface area contributed by atoms with Gasteiger partial charge in [-0.1, -0.05) is 6.07 Å². The van der Waals surface area contributed by atoms with E-state index in [9.17, 15) is 0 Å². The first-order valence-electron chi connectivity index (χ1n) is 6.68. The Hall–Kier alpha value is -0.930. The van der Waals surface area contributed by atoms with E-state index in [0.717, 1.165) is 18.2 Å². The van der Waals surface area contributed by atoms with Crippen molar-refractivity contribution in [2.75, 3.05) is 19.6 Å². The molecule has 1 unspecified atom stereocenters. The van der Waals surface area contributed by atoms with Crippen LogP contribution in [0, 0.1) is 12.8 Å². The molecule has 0 saturated carbocycles. The van der Waals surface area contributed by atoms with Gasteiger partial charge in [0, 0.05) is 31.0 Å². The van der Waals surface area contributed by atoms with Gasteiger partial charge in [-0.15, -0.1) is 0 Å². The van der Waals surface area contributed by atoms with Crippen molar-refractivity contribution < 1.29 is 0 Å². The van der Waals surface area contributed by atoms with Crippen LogP contribution >= 0.6 is 0 Å². The van der Waals surface area contributed by atoms with Crippen molar-refractivity contribution in [1.29, 1.82) is 0 Å². The molecule has 1 aromatic heterocycles. The molecule has 3 aliphatic rings. The molecule has 0 spiro atoms. The molecule has 0 amide bonds. The number of nitrogens with zero attached hydrogens (tertiary/aromatic N) is 2. The van der Waals surface area contributed by atoms with Gasteiger partial charge in [0.1, 0.15) is 0 Å². The van der Waals surface area contributed by atoms with Crippen LogP contribution in [0.1, 0.15) is 24.1 Å². The third kappa shape index (κ3) is 2.50. The number of fused-ring (bicyclic) bond motifs is 3. The van der Waals surface area contributed by atoms with Crippen LogP contribution in [0.15, 0.2) is 18.3 Å². The fourth-order valence-electron chi connectivity index (χ4n) is 3.05. The van der Waals surface area contributed by atoms with Gasteiger partial charge in [-0.2, -0.15) is 0 Å². The molecule has 3 fully saturated rings. The van der Waals surface area contributed by atoms with Crippen molar-refractivity contribution in [3.8, 4) is 0 Å². The molecule has 3 nitrogen and oxygen atoms in total. The van der Waals surface area contributed by atoms with E-state index in [2.05, 4.69) is 27.3 Å². The average Bonchev–Trinajstić information content (AvgIpc) is 2.39. The molecule has 0 aromatic carbocycles. The minimum Gasteiger partial charge on any atom is -0.308 e. The van der Waals surface area contributed by atoms with Crippen LogP contribution in [0.2, 0.25) is 0 Å². The zero-order chi connectivity index (χ0) is 11.7. The summed E-state index contributed by atoms with van der Waals surface area (Å²) >= 11 is 0. The Labute approximate surface area is 103 Å². The van der Waals surface area contributed by atoms with Gasteiger partial charge in [0.05, 0.1) is 0 Å². The van der Waals surface area contributed by atoms with Crippen molar-refractivity contribution in [3.63, 3.8) is 0 Å². The number of hydrogen-bond acceptors (Lipinski definition) is 3. The SMILES string of the molecule is Cc1ccc(CNC2CN3CCC2CC3)cn1. The van der Waals surface area contributed by atoms with E-state index in [1.807, 2.05) is 13.1 Å². The van der Waals surface area contributed by atoms with Crippen molar-refractivity contribution in [2.45, 2.75) is 32.4 Å². The predicted molar refractivity (Wildman–Crippen MR) is 68.8 cm³/mol. The fraction of sp³-hybridized carbons (Fsp3) is 0.643. The maximum atomic E-state index is 4.34. The summed E-state index contributed by atoms with van der Waals surface area (Å²) in [5, 5.41) is 3.71. The van der Waals surface area contributed by atoms with Crippen molar-refractivity contribution >= 4 is 0 Å². The van der Waals surface area contributed by atoms with Crippen LogP contribution in [-0.4, -0.2) is 35.6 Å². The molecule has 3 heteroatoms. The van der Waals surface area contributed by atoms with E-state index in [-0.39, 0.29) is 0 Å². The molecule has 0 aliphatic carbocycles. The first kappa shape index (κ1) is 11.2. The molecule has 1 aromatic rings. The molecule has 4 heterocycles. The summed E-state index contributed by atoms with van der Waals surface area (Å²) in [4.78, 5) is 6.93. The highest BCUT2D eigenvalue weighted by Gasteiger charge is 2.33. The van der Waals surface area contributed by atoms with Gasteiger partial charge in [0.15, 0.2) is 0 Å². The molecule has 92 valence electrons. The van der Waals surface area contributed by atoms with Crippen LogP contribution in [0.25, 0.3) is 0 Å². The van der Waals surface area contributed by atoms with Crippen LogP contribution in [0.4, 0.5) is 0 Å². The van der Waals surface area contributed by atoms with Crippen molar-refractivity contribution in [2.24, 2.45) is 5.92 Å². The number of hydrogen-bond donors (Lipinski definition) is 1. The molecular weight excluding hydrogens is 210 g/mol. The first-order chi connectivity index (χ1) is 8.31. The minimum atomic E-state index is 0.693. The Morgan fingerprint density at radius 2 is 2.18 bits per heavy atom. The molecule has 3 aliphatic heterocycles. The van der Waals surface area contributed by atoms with Gasteiger partial charge < -0.3 is 10.2 Å². The molecule has 1 N–H and O–H groups in total. The van der Waals surface area contributed by atoms with E-state index in [1.165, 1.54) is 38.0 Å². The second kappa shape index (κ2) is 4.75. The topological polar surface area (TPSA) is 28.2 Å². The fourth-order valence-corrected chi connectivity index (χ4v) is 3.05. The average molecular weight is 231 g/mol. The molecule has 2 bridgehead atoms. The van der Waals surface area contributed by atoms with E-state index in [4.69, 9.17) is 0 Å². The van der Waals surface area contributed by atoms with Gasteiger partial charge in [0.25, 0.3) is 0 Å². The second-order valence-corrected chi connectivity index (χ2v) is 5.43. The van der Waals surface area contributed by atoms with Gasteiger partial charge >= 0.3 is 0 Å². The molecule has 1 atom stereocenters. The Balaban J connectivity index is 1.56. The number of aryl methyl sites for hydroxylation is 1. The number of aromatic nitrogens is 1. The quantitative estimate of drug-likeness (QED) is 0.856. The van der Waals surface area contributed by atoms with Crippen LogP contribution in [0.5, 0.6) is 0 Å². The van der Waals surface area contributed by atoms with Crippen molar-refractivity contribution in [3.05, 3.63) is 29.6 Å². The van der Waals surface area contributed by atoms with Gasteiger partial charge in [-0.25, -0.2) is 0 Å². The largest absolute Gasteiger partial charge is 0.308 e. The van der Waals surface area contributed by atoms with Crippen LogP contribution < -0.4 is 5.32 Å². The first-order valence-corrected chi connectivity index (χ1v) is 6.68. The summed E-state index contributed by atoms with van der Waals surface area (Å²) in [6, 6.07) is 4.96. The maximum Gasteiger partial charge on any atom is 0.0372 e. The zero-order valence-electron chi connectivity index (χ0n) is 10.5. The summed E-state index contributed by atoms with van der Waals surface area (Å²) in [5.74, 6) is 0.901. The Morgan fingerprint density at radius 3 is 2.76 bits per heavy atom. The lowest BCUT2D eigenvalue weighted by molar-refractivity contribution is 0.0720. The molecular formula is C14H21N3. The summed E-state index contributed by atoms with van der Waals surface area (Å²) in [5.41, 5.74) is 2.39. The standard InChI is InChI=1S/C14H21N3/c1-11-2-3-12(8-15-11)9-16-14-10-17-6-4-13(14)5-7-17/h2-3,8,13-14,16H,4-7,9-10H2,1H3. The smallest absolute Gasteiger partial charge is 0.0372 e. The number of rotatable bonds is 3. The molecule has 17 heavy (non-hydrogen) atoms. The lowest BCUT2D eigenvalue weighted by Crippen LogP contribution is -2.55. The summed E-state index contributed by atoms with van der Waals surface area (Å²) in [6.07, 6.45) is 4.75. The van der Waals surface area contributed by atoms with Crippen LogP contribution in [0.3, 0.4) is 0 Å². The normalized spacial score (nSPS) is 31.7. The van der Waals surface area contributed by atoms with Crippen LogP contribution in [-0.2, 0) is 6.54 Å². The van der Waals surface area contributed by atoms with E-state index in [0.29, 0.717) is 6.04 Å². The monoisotopic (exact) mass is 231 g/mol. The number of pyridine rings is 1. The maximum absolute atomic E-state index is 4.34. The van der Waals surface area contributed by atoms with E-state index < -0.39 is 0 Å². The van der Waals surface area contributed by atoms with Gasteiger partial charge in [-0.05, 0) is 50.4 Å². The Bertz CT molecular complexity index is 366. The third-order valence-electron chi connectivity index (χ3n) is 4.20. The highest BCUT2D eigenvalue weighted by Crippen LogP contribution is 2.27. The Kier molecular flexibility index (Phi) is 3.12. The van der Waals surface area contributed by atoms with Crippen molar-refractivity contribution in [1.82, 2.24) is 15.2 Å². The second-order valence-electron chi connectivity index (χ2n) is 5.43. The van der Waals surface area contributed by atoms with Gasteiger partial charge in [-0.3, -0.25) is 4.98 Å². The molecule has 4 rings (SSSR count). The van der Waals surface area contributed by atoms with E-state index >= 15 is 0 Å². The molecule has 0 radical (unpaired) electrons. The highest BCUT2D eigenvalue weighted by atomic mass is 15.2.